The summed E-state index contributed by atoms with van der Waals surface area (Å²) >= 11 is 0. The number of hydrogen-bond donors (Lipinski definition) is 2. The number of aromatic amines is 1. The molecule has 0 saturated heterocycles. The molecule has 1 aromatic heterocycles. The summed E-state index contributed by atoms with van der Waals surface area (Å²) in [5.41, 5.74) is 6.05. The van der Waals surface area contributed by atoms with Crippen LogP contribution < -0.4 is 10.3 Å². The van der Waals surface area contributed by atoms with Crippen LogP contribution in [0.2, 0.25) is 0 Å². The molecule has 7 heteroatoms. The third-order valence-electron chi connectivity index (χ3n) is 4.36. The molecule has 6 nitrogen and oxygen atoms in total. The van der Waals surface area contributed by atoms with E-state index in [2.05, 4.69) is 39.5 Å². The Kier molecular flexibility index (Phi) is 6.16. The third-order valence-corrected chi connectivity index (χ3v) is 4.36. The topological polar surface area (TPSA) is 73.4 Å². The van der Waals surface area contributed by atoms with Gasteiger partial charge in [0.25, 0.3) is 5.91 Å². The van der Waals surface area contributed by atoms with Crippen LogP contribution in [0.1, 0.15) is 29.9 Å². The predicted octanol–water partition coefficient (Wildman–Crippen LogP) is 3.83. The van der Waals surface area contributed by atoms with Crippen molar-refractivity contribution in [3.05, 3.63) is 71.7 Å². The van der Waals surface area contributed by atoms with Crippen LogP contribution in [-0.4, -0.2) is 35.4 Å². The fraction of sp³-hybridized carbons (Fsp3) is 0.190. The molecular weight excluding hydrogens is 357 g/mol. The van der Waals surface area contributed by atoms with Gasteiger partial charge in [-0.3, -0.25) is 9.89 Å². The minimum absolute atomic E-state index is 0.272. The second-order valence-electron chi connectivity index (χ2n) is 6.14. The molecule has 3 rings (SSSR count). The van der Waals surface area contributed by atoms with Crippen LogP contribution in [0.4, 0.5) is 10.1 Å². The van der Waals surface area contributed by atoms with Crippen LogP contribution >= 0.6 is 0 Å². The molecule has 2 N–H and O–H groups in total. The van der Waals surface area contributed by atoms with Crippen molar-refractivity contribution in [3.63, 3.8) is 0 Å². The average Bonchev–Trinajstić information content (AvgIpc) is 3.21. The van der Waals surface area contributed by atoms with Gasteiger partial charge in [-0.25, -0.2) is 9.82 Å². The van der Waals surface area contributed by atoms with Crippen LogP contribution in [0.25, 0.3) is 11.3 Å². The highest BCUT2D eigenvalue weighted by molar-refractivity contribution is 5.94. The molecule has 0 spiro atoms. The summed E-state index contributed by atoms with van der Waals surface area (Å²) in [4.78, 5) is 14.4. The number of nitrogens with zero attached hydrogens (tertiary/aromatic N) is 3. The van der Waals surface area contributed by atoms with Crippen LogP contribution in [0.3, 0.4) is 0 Å². The van der Waals surface area contributed by atoms with Gasteiger partial charge in [0.2, 0.25) is 0 Å². The lowest BCUT2D eigenvalue weighted by atomic mass is 10.1. The smallest absolute Gasteiger partial charge is 0.289 e. The molecule has 0 aliphatic heterocycles. The van der Waals surface area contributed by atoms with Gasteiger partial charge in [-0.2, -0.15) is 10.2 Å². The first-order valence-corrected chi connectivity index (χ1v) is 9.10. The Morgan fingerprint density at radius 1 is 1.14 bits per heavy atom. The molecule has 0 aliphatic rings. The number of hydrogen-bond acceptors (Lipinski definition) is 4. The summed E-state index contributed by atoms with van der Waals surface area (Å²) in [5.74, 6) is -0.728. The van der Waals surface area contributed by atoms with Crippen molar-refractivity contribution >= 4 is 17.8 Å². The maximum Gasteiger partial charge on any atom is 0.289 e. The number of benzene rings is 2. The normalized spacial score (nSPS) is 11.0. The van der Waals surface area contributed by atoms with Gasteiger partial charge in [0, 0.05) is 24.3 Å². The van der Waals surface area contributed by atoms with E-state index in [-0.39, 0.29) is 11.5 Å². The summed E-state index contributed by atoms with van der Waals surface area (Å²) in [6.07, 6.45) is 1.58. The second-order valence-corrected chi connectivity index (χ2v) is 6.14. The van der Waals surface area contributed by atoms with Gasteiger partial charge in [-0.05, 0) is 61.9 Å². The summed E-state index contributed by atoms with van der Waals surface area (Å²) in [6, 6.07) is 15.5. The first-order chi connectivity index (χ1) is 13.6. The number of carbonyl (C=O) groups is 1. The molecule has 3 aromatic rings. The zero-order valence-corrected chi connectivity index (χ0v) is 15.8. The summed E-state index contributed by atoms with van der Waals surface area (Å²) in [6.45, 7) is 6.13. The van der Waals surface area contributed by atoms with Crippen molar-refractivity contribution in [2.24, 2.45) is 5.10 Å². The first kappa shape index (κ1) is 19.3. The van der Waals surface area contributed by atoms with Gasteiger partial charge >= 0.3 is 0 Å². The van der Waals surface area contributed by atoms with Gasteiger partial charge in [-0.15, -0.1) is 0 Å². The lowest BCUT2D eigenvalue weighted by molar-refractivity contribution is 0.0950. The molecule has 1 amide bonds. The van der Waals surface area contributed by atoms with Gasteiger partial charge in [0.15, 0.2) is 0 Å². The van der Waals surface area contributed by atoms with Gasteiger partial charge in [0.1, 0.15) is 11.5 Å². The molecule has 1 heterocycles. The van der Waals surface area contributed by atoms with Crippen LogP contribution in [0.5, 0.6) is 0 Å². The molecule has 28 heavy (non-hydrogen) atoms. The zero-order valence-electron chi connectivity index (χ0n) is 15.8. The zero-order chi connectivity index (χ0) is 19.9. The number of hydrazone groups is 1. The largest absolute Gasteiger partial charge is 0.372 e. The van der Waals surface area contributed by atoms with E-state index in [4.69, 9.17) is 0 Å². The maximum atomic E-state index is 13.0. The average molecular weight is 379 g/mol. The Morgan fingerprint density at radius 3 is 2.46 bits per heavy atom. The number of aromatic nitrogens is 2. The van der Waals surface area contributed by atoms with Crippen molar-refractivity contribution in [1.82, 2.24) is 15.6 Å². The van der Waals surface area contributed by atoms with Gasteiger partial charge in [-0.1, -0.05) is 12.1 Å². The van der Waals surface area contributed by atoms with Gasteiger partial charge in [0.05, 0.1) is 11.9 Å². The Balaban J connectivity index is 1.60. The Bertz CT molecular complexity index is 944. The highest BCUT2D eigenvalue weighted by Gasteiger charge is 2.10. The summed E-state index contributed by atoms with van der Waals surface area (Å²) in [7, 11) is 0. The van der Waals surface area contributed by atoms with Crippen LogP contribution in [0.15, 0.2) is 59.7 Å². The number of rotatable bonds is 7. The molecular formula is C21H22FN5O. The lowest BCUT2D eigenvalue weighted by Crippen LogP contribution is -2.21. The molecule has 0 atom stereocenters. The van der Waals surface area contributed by atoms with E-state index in [1.54, 1.807) is 24.4 Å². The summed E-state index contributed by atoms with van der Waals surface area (Å²) in [5, 5.41) is 10.7. The third kappa shape index (κ3) is 4.62. The minimum Gasteiger partial charge on any atom is -0.372 e. The van der Waals surface area contributed by atoms with Crippen molar-refractivity contribution in [1.29, 1.82) is 0 Å². The van der Waals surface area contributed by atoms with E-state index in [9.17, 15) is 9.18 Å². The fourth-order valence-corrected chi connectivity index (χ4v) is 2.79. The predicted molar refractivity (Wildman–Crippen MR) is 109 cm³/mol. The number of amides is 1. The van der Waals surface area contributed by atoms with Crippen molar-refractivity contribution < 1.29 is 9.18 Å². The van der Waals surface area contributed by atoms with Crippen LogP contribution in [0, 0.1) is 5.82 Å². The molecule has 0 radical (unpaired) electrons. The minimum atomic E-state index is -0.406. The molecule has 0 fully saturated rings. The monoisotopic (exact) mass is 379 g/mol. The number of anilines is 1. The van der Waals surface area contributed by atoms with Crippen LogP contribution in [-0.2, 0) is 0 Å². The maximum absolute atomic E-state index is 13.0. The first-order valence-electron chi connectivity index (χ1n) is 9.10. The van der Waals surface area contributed by atoms with E-state index < -0.39 is 5.91 Å². The van der Waals surface area contributed by atoms with E-state index in [1.165, 1.54) is 12.1 Å². The number of H-pyrrole nitrogens is 1. The highest BCUT2D eigenvalue weighted by atomic mass is 19.1. The lowest BCUT2D eigenvalue weighted by Gasteiger charge is -2.20. The Morgan fingerprint density at radius 2 is 1.82 bits per heavy atom. The van der Waals surface area contributed by atoms with Gasteiger partial charge < -0.3 is 4.90 Å². The van der Waals surface area contributed by atoms with E-state index in [0.717, 1.165) is 24.3 Å². The highest BCUT2D eigenvalue weighted by Crippen LogP contribution is 2.18. The Labute approximate surface area is 163 Å². The molecule has 0 saturated carbocycles. The number of nitrogens with one attached hydrogen (secondary N) is 2. The van der Waals surface area contributed by atoms with E-state index in [0.29, 0.717) is 11.3 Å². The van der Waals surface area contributed by atoms with Crippen molar-refractivity contribution in [2.45, 2.75) is 13.8 Å². The van der Waals surface area contributed by atoms with E-state index in [1.807, 2.05) is 24.3 Å². The Hall–Kier alpha value is -3.48. The summed E-state index contributed by atoms with van der Waals surface area (Å²) < 4.78 is 13.0. The quantitative estimate of drug-likeness (QED) is 0.484. The SMILES string of the molecule is CCN(CC)c1ccc(/C=N/NC(=O)c2cc(-c3ccc(F)cc3)n[nH]2)cc1. The molecule has 0 aliphatic carbocycles. The molecule has 144 valence electrons. The molecule has 0 unspecified atom stereocenters. The van der Waals surface area contributed by atoms with Crippen molar-refractivity contribution in [2.75, 3.05) is 18.0 Å². The van der Waals surface area contributed by atoms with Crippen molar-refractivity contribution in [3.8, 4) is 11.3 Å². The number of carbonyl (C=O) groups excluding carboxylic acids is 1. The standard InChI is InChI=1S/C21H22FN5O/c1-3-27(4-2)18-11-5-15(6-12-18)14-23-26-21(28)20-13-19(24-25-20)16-7-9-17(22)10-8-16/h5-14H,3-4H2,1-2H3,(H,24,25)(H,26,28)/b23-14+. The second kappa shape index (κ2) is 8.94. The number of halogens is 1. The molecule has 0 bridgehead atoms. The fourth-order valence-electron chi connectivity index (χ4n) is 2.79. The van der Waals surface area contributed by atoms with E-state index >= 15 is 0 Å². The molecule has 2 aromatic carbocycles.